The molecule has 2 saturated heterocycles. The summed E-state index contributed by atoms with van der Waals surface area (Å²) in [6.45, 7) is 1.34. The summed E-state index contributed by atoms with van der Waals surface area (Å²) in [5.74, 6) is -0.369. The molecule has 140 valence electrons. The lowest BCUT2D eigenvalue weighted by Crippen LogP contribution is -2.60. The normalized spacial score (nSPS) is 22.5. The van der Waals surface area contributed by atoms with Gasteiger partial charge in [0.2, 0.25) is 5.91 Å². The van der Waals surface area contributed by atoms with E-state index in [0.29, 0.717) is 12.1 Å². The Kier molecular flexibility index (Phi) is 4.46. The number of carbonyl (C=O) groups is 2. The highest BCUT2D eigenvalue weighted by Crippen LogP contribution is 2.39. The molecule has 2 amide bonds. The van der Waals surface area contributed by atoms with Crippen LogP contribution >= 0.6 is 0 Å². The van der Waals surface area contributed by atoms with Crippen LogP contribution in [0.15, 0.2) is 48.5 Å². The molecule has 2 aromatic carbocycles. The van der Waals surface area contributed by atoms with Crippen molar-refractivity contribution in [2.75, 3.05) is 20.1 Å². The van der Waals surface area contributed by atoms with Crippen LogP contribution in [-0.2, 0) is 4.79 Å². The molecule has 0 radical (unpaired) electrons. The molecule has 0 saturated carbocycles. The van der Waals surface area contributed by atoms with E-state index in [1.165, 1.54) is 12.1 Å². The van der Waals surface area contributed by atoms with E-state index >= 15 is 0 Å². The fourth-order valence-corrected chi connectivity index (χ4v) is 4.53. The van der Waals surface area contributed by atoms with Gasteiger partial charge in [-0.15, -0.1) is 0 Å². The van der Waals surface area contributed by atoms with Gasteiger partial charge in [0.15, 0.2) is 0 Å². The lowest BCUT2D eigenvalue weighted by Gasteiger charge is -2.43. The molecule has 0 N–H and O–H groups in total. The molecule has 4 rings (SSSR count). The number of hydrogen-bond acceptors (Lipinski definition) is 2. The van der Waals surface area contributed by atoms with Crippen molar-refractivity contribution in [1.29, 1.82) is 0 Å². The van der Waals surface area contributed by atoms with Gasteiger partial charge in [0.25, 0.3) is 5.91 Å². The van der Waals surface area contributed by atoms with Gasteiger partial charge in [0.1, 0.15) is 11.4 Å². The third-order valence-corrected chi connectivity index (χ3v) is 5.88. The van der Waals surface area contributed by atoms with Gasteiger partial charge < -0.3 is 9.80 Å². The number of rotatable bonds is 2. The molecule has 0 aromatic heterocycles. The summed E-state index contributed by atoms with van der Waals surface area (Å²) < 4.78 is 13.3. The van der Waals surface area contributed by atoms with E-state index in [1.54, 1.807) is 28.0 Å². The topological polar surface area (TPSA) is 40.6 Å². The van der Waals surface area contributed by atoms with Crippen molar-refractivity contribution >= 4 is 11.8 Å². The second-order valence-corrected chi connectivity index (χ2v) is 7.47. The molecule has 2 aromatic rings. The van der Waals surface area contributed by atoms with Crippen molar-refractivity contribution in [3.8, 4) is 11.1 Å². The minimum Gasteiger partial charge on any atom is -0.344 e. The fraction of sp³-hybridized carbons (Fsp3) is 0.364. The summed E-state index contributed by atoms with van der Waals surface area (Å²) in [6, 6.07) is 13.5. The number of nitrogens with zero attached hydrogens (tertiary/aromatic N) is 2. The Labute approximate surface area is 158 Å². The Balaban J connectivity index is 1.73. The minimum atomic E-state index is -0.708. The molecule has 27 heavy (non-hydrogen) atoms. The van der Waals surface area contributed by atoms with Crippen molar-refractivity contribution < 1.29 is 14.0 Å². The van der Waals surface area contributed by atoms with E-state index in [1.807, 2.05) is 25.2 Å². The van der Waals surface area contributed by atoms with Gasteiger partial charge in [-0.2, -0.15) is 0 Å². The smallest absolute Gasteiger partial charge is 0.255 e. The maximum Gasteiger partial charge on any atom is 0.255 e. The third kappa shape index (κ3) is 2.91. The first-order valence-corrected chi connectivity index (χ1v) is 9.45. The zero-order valence-electron chi connectivity index (χ0n) is 15.5. The first kappa shape index (κ1) is 17.7. The predicted molar refractivity (Wildman–Crippen MR) is 102 cm³/mol. The Morgan fingerprint density at radius 1 is 1.00 bits per heavy atom. The largest absolute Gasteiger partial charge is 0.344 e. The summed E-state index contributed by atoms with van der Waals surface area (Å²) in [4.78, 5) is 30.0. The fourth-order valence-electron chi connectivity index (χ4n) is 4.53. The summed E-state index contributed by atoms with van der Waals surface area (Å²) >= 11 is 0. The van der Waals surface area contributed by atoms with Gasteiger partial charge in [-0.1, -0.05) is 30.3 Å². The Morgan fingerprint density at radius 3 is 2.41 bits per heavy atom. The van der Waals surface area contributed by atoms with Gasteiger partial charge in [-0.25, -0.2) is 4.39 Å². The predicted octanol–water partition coefficient (Wildman–Crippen LogP) is 3.72. The van der Waals surface area contributed by atoms with Crippen molar-refractivity contribution in [3.63, 3.8) is 0 Å². The SMILES string of the molecule is CN1CCCC2(CCCN2C(=O)c2ccccc2-c2ccc(F)cc2)C1=O. The second kappa shape index (κ2) is 6.80. The lowest BCUT2D eigenvalue weighted by molar-refractivity contribution is -0.144. The van der Waals surface area contributed by atoms with E-state index in [9.17, 15) is 14.0 Å². The van der Waals surface area contributed by atoms with E-state index in [-0.39, 0.29) is 17.6 Å². The zero-order valence-corrected chi connectivity index (χ0v) is 15.5. The van der Waals surface area contributed by atoms with Gasteiger partial charge in [-0.3, -0.25) is 9.59 Å². The molecule has 0 bridgehead atoms. The monoisotopic (exact) mass is 366 g/mol. The first-order valence-electron chi connectivity index (χ1n) is 9.45. The van der Waals surface area contributed by atoms with E-state index in [2.05, 4.69) is 0 Å². The van der Waals surface area contributed by atoms with Crippen molar-refractivity contribution in [1.82, 2.24) is 9.80 Å². The van der Waals surface area contributed by atoms with Gasteiger partial charge in [-0.05, 0) is 55.0 Å². The molecule has 2 fully saturated rings. The summed E-state index contributed by atoms with van der Waals surface area (Å²) in [6.07, 6.45) is 3.19. The van der Waals surface area contributed by atoms with Crippen LogP contribution in [0.2, 0.25) is 0 Å². The lowest BCUT2D eigenvalue weighted by atomic mass is 9.85. The minimum absolute atomic E-state index is 0.0545. The molecule has 4 nitrogen and oxygen atoms in total. The number of halogens is 1. The highest BCUT2D eigenvalue weighted by Gasteiger charge is 2.52. The number of benzene rings is 2. The average Bonchev–Trinajstić information content (AvgIpc) is 3.10. The number of carbonyl (C=O) groups excluding carboxylic acids is 2. The Bertz CT molecular complexity index is 880. The number of hydrogen-bond donors (Lipinski definition) is 0. The molecular formula is C22H23FN2O2. The Hall–Kier alpha value is -2.69. The maximum atomic E-state index is 13.5. The van der Waals surface area contributed by atoms with Crippen LogP contribution in [0.3, 0.4) is 0 Å². The van der Waals surface area contributed by atoms with Crippen molar-refractivity contribution in [2.24, 2.45) is 0 Å². The molecule has 5 heteroatoms. The van der Waals surface area contributed by atoms with Crippen LogP contribution in [0.5, 0.6) is 0 Å². The van der Waals surface area contributed by atoms with E-state index in [4.69, 9.17) is 0 Å². The van der Waals surface area contributed by atoms with Crippen molar-refractivity contribution in [3.05, 3.63) is 59.9 Å². The molecular weight excluding hydrogens is 343 g/mol. The maximum absolute atomic E-state index is 13.5. The highest BCUT2D eigenvalue weighted by atomic mass is 19.1. The van der Waals surface area contributed by atoms with Crippen LogP contribution in [0.25, 0.3) is 11.1 Å². The molecule has 0 aliphatic carbocycles. The Morgan fingerprint density at radius 2 is 1.67 bits per heavy atom. The standard InChI is InChI=1S/C22H23FN2O2/c1-24-14-4-12-22(21(24)27)13-5-15-25(22)20(26)19-7-3-2-6-18(19)16-8-10-17(23)11-9-16/h2-3,6-11H,4-5,12-15H2,1H3. The summed E-state index contributed by atoms with van der Waals surface area (Å²) in [5, 5.41) is 0. The van der Waals surface area contributed by atoms with Crippen molar-refractivity contribution in [2.45, 2.75) is 31.2 Å². The third-order valence-electron chi connectivity index (χ3n) is 5.88. The number of piperidine rings is 1. The molecule has 1 atom stereocenters. The zero-order chi connectivity index (χ0) is 19.0. The number of likely N-dealkylation sites (tertiary alicyclic amines) is 2. The van der Waals surface area contributed by atoms with Gasteiger partial charge in [0.05, 0.1) is 0 Å². The van der Waals surface area contributed by atoms with Crippen LogP contribution in [0, 0.1) is 5.82 Å². The van der Waals surface area contributed by atoms with Crippen LogP contribution < -0.4 is 0 Å². The average molecular weight is 366 g/mol. The summed E-state index contributed by atoms with van der Waals surface area (Å²) in [5.41, 5.74) is 1.41. The second-order valence-electron chi connectivity index (χ2n) is 7.47. The molecule has 1 spiro atoms. The quantitative estimate of drug-likeness (QED) is 0.813. The number of likely N-dealkylation sites (N-methyl/N-ethyl adjacent to an activating group) is 1. The van der Waals surface area contributed by atoms with E-state index < -0.39 is 5.54 Å². The highest BCUT2D eigenvalue weighted by molar-refractivity contribution is 6.04. The summed E-state index contributed by atoms with van der Waals surface area (Å²) in [7, 11) is 1.82. The molecule has 1 unspecified atom stereocenters. The molecule has 2 aliphatic heterocycles. The van der Waals surface area contributed by atoms with Gasteiger partial charge in [0, 0.05) is 25.7 Å². The van der Waals surface area contributed by atoms with Crippen LogP contribution in [0.4, 0.5) is 4.39 Å². The molecule has 2 aliphatic rings. The van der Waals surface area contributed by atoms with Crippen LogP contribution in [-0.4, -0.2) is 47.3 Å². The number of amides is 2. The van der Waals surface area contributed by atoms with E-state index in [0.717, 1.165) is 43.4 Å². The molecule has 2 heterocycles. The van der Waals surface area contributed by atoms with Crippen LogP contribution in [0.1, 0.15) is 36.0 Å². The first-order chi connectivity index (χ1) is 13.0. The van der Waals surface area contributed by atoms with Gasteiger partial charge >= 0.3 is 0 Å².